The van der Waals surface area contributed by atoms with Gasteiger partial charge in [-0.15, -0.1) is 5.10 Å². The molecule has 1 aromatic heterocycles. The summed E-state index contributed by atoms with van der Waals surface area (Å²) in [6, 6.07) is 3.57. The summed E-state index contributed by atoms with van der Waals surface area (Å²) in [6.45, 7) is 5.99. The maximum Gasteiger partial charge on any atom is 0.361 e. The zero-order chi connectivity index (χ0) is 16.8. The van der Waals surface area contributed by atoms with E-state index in [1.165, 1.54) is 0 Å². The van der Waals surface area contributed by atoms with E-state index in [1.807, 2.05) is 6.07 Å². The molecule has 0 spiro atoms. The molecule has 7 nitrogen and oxygen atoms in total. The van der Waals surface area contributed by atoms with Crippen LogP contribution in [0.15, 0.2) is 24.8 Å². The van der Waals surface area contributed by atoms with Crippen LogP contribution in [0.1, 0.15) is 17.4 Å². The smallest absolute Gasteiger partial charge is 0.361 e. The Hall–Kier alpha value is -2.10. The van der Waals surface area contributed by atoms with Crippen molar-refractivity contribution in [2.45, 2.75) is 6.92 Å². The lowest BCUT2D eigenvalue weighted by atomic mass is 10.1. The van der Waals surface area contributed by atoms with Gasteiger partial charge in [0.25, 0.3) is 0 Å². The van der Waals surface area contributed by atoms with Crippen molar-refractivity contribution in [3.63, 3.8) is 0 Å². The summed E-state index contributed by atoms with van der Waals surface area (Å²) >= 11 is 2.13. The van der Waals surface area contributed by atoms with Crippen molar-refractivity contribution < 1.29 is 19.0 Å². The number of H-pyrrole nitrogens is 1. The van der Waals surface area contributed by atoms with E-state index in [4.69, 9.17) is 14.2 Å². The summed E-state index contributed by atoms with van der Waals surface area (Å²) in [4.78, 5) is 11.9. The monoisotopic (exact) mass is 429 g/mol. The number of carbonyl (C=O) groups is 1. The van der Waals surface area contributed by atoms with Crippen molar-refractivity contribution in [3.05, 3.63) is 34.1 Å². The van der Waals surface area contributed by atoms with Crippen LogP contribution < -0.4 is 9.47 Å². The molecule has 0 aliphatic heterocycles. The summed E-state index contributed by atoms with van der Waals surface area (Å²) < 4.78 is 16.8. The van der Waals surface area contributed by atoms with Gasteiger partial charge in [0.15, 0.2) is 17.2 Å². The fourth-order valence-electron chi connectivity index (χ4n) is 1.91. The average Bonchev–Trinajstić information content (AvgIpc) is 3.03. The topological polar surface area (TPSA) is 86.3 Å². The summed E-state index contributed by atoms with van der Waals surface area (Å²) in [5.41, 5.74) is 1.20. The van der Waals surface area contributed by atoms with Crippen molar-refractivity contribution in [2.75, 3.05) is 20.3 Å². The molecule has 8 heteroatoms. The van der Waals surface area contributed by atoms with Gasteiger partial charge >= 0.3 is 5.97 Å². The number of hydrogen-bond acceptors (Lipinski definition) is 6. The van der Waals surface area contributed by atoms with Crippen LogP contribution in [0, 0.1) is 3.57 Å². The van der Waals surface area contributed by atoms with Gasteiger partial charge < -0.3 is 14.2 Å². The molecule has 0 aliphatic carbocycles. The number of nitrogens with zero attached hydrogens (tertiary/aromatic N) is 2. The minimum Gasteiger partial charge on any atom is -0.493 e. The van der Waals surface area contributed by atoms with Gasteiger partial charge in [0.05, 0.1) is 17.3 Å². The standard InChI is InChI=1S/C15H16IN3O4/c1-4-6-23-14-10(16)7-9(8-11(14)21-3)12-13(18-19-17-12)15(20)22-5-2/h4,7-8H,1,5-6H2,2-3H3,(H,17,18,19). The largest absolute Gasteiger partial charge is 0.493 e. The Morgan fingerprint density at radius 1 is 1.43 bits per heavy atom. The van der Waals surface area contributed by atoms with E-state index in [-0.39, 0.29) is 12.3 Å². The number of aromatic nitrogens is 3. The van der Waals surface area contributed by atoms with Gasteiger partial charge in [0.2, 0.25) is 0 Å². The predicted octanol–water partition coefficient (Wildman–Crippen LogP) is 2.83. The highest BCUT2D eigenvalue weighted by Crippen LogP contribution is 2.37. The molecule has 0 aliphatic rings. The van der Waals surface area contributed by atoms with Crippen LogP contribution in [0.4, 0.5) is 0 Å². The molecule has 0 atom stereocenters. The number of hydrogen-bond donors (Lipinski definition) is 1. The van der Waals surface area contributed by atoms with E-state index in [0.717, 1.165) is 3.57 Å². The molecule has 0 amide bonds. The third kappa shape index (κ3) is 3.81. The normalized spacial score (nSPS) is 10.2. The lowest BCUT2D eigenvalue weighted by Crippen LogP contribution is -2.07. The number of methoxy groups -OCH3 is 1. The van der Waals surface area contributed by atoms with E-state index >= 15 is 0 Å². The molecule has 0 saturated carbocycles. The summed E-state index contributed by atoms with van der Waals surface area (Å²) in [7, 11) is 1.55. The van der Waals surface area contributed by atoms with Crippen molar-refractivity contribution in [1.29, 1.82) is 0 Å². The fraction of sp³-hybridized carbons (Fsp3) is 0.267. The Morgan fingerprint density at radius 3 is 2.87 bits per heavy atom. The zero-order valence-electron chi connectivity index (χ0n) is 12.8. The first-order valence-electron chi connectivity index (χ1n) is 6.81. The number of ether oxygens (including phenoxy) is 3. The summed E-state index contributed by atoms with van der Waals surface area (Å²) in [6.07, 6.45) is 1.65. The molecular weight excluding hydrogens is 413 g/mol. The quantitative estimate of drug-likeness (QED) is 0.414. The first-order chi connectivity index (χ1) is 11.1. The highest BCUT2D eigenvalue weighted by Gasteiger charge is 2.21. The molecular formula is C15H16IN3O4. The van der Waals surface area contributed by atoms with Crippen LogP contribution in [-0.2, 0) is 4.74 Å². The van der Waals surface area contributed by atoms with E-state index < -0.39 is 5.97 Å². The number of rotatable bonds is 7. The Labute approximate surface area is 147 Å². The van der Waals surface area contributed by atoms with Gasteiger partial charge in [-0.1, -0.05) is 12.7 Å². The summed E-state index contributed by atoms with van der Waals surface area (Å²) in [5.74, 6) is 0.613. The van der Waals surface area contributed by atoms with Crippen molar-refractivity contribution in [3.8, 4) is 22.8 Å². The molecule has 122 valence electrons. The van der Waals surface area contributed by atoms with Crippen LogP contribution in [0.5, 0.6) is 11.5 Å². The molecule has 1 N–H and O–H groups in total. The number of carbonyl (C=O) groups excluding carboxylic acids is 1. The van der Waals surface area contributed by atoms with Gasteiger partial charge in [-0.3, -0.25) is 0 Å². The number of nitrogens with one attached hydrogen (secondary N) is 1. The van der Waals surface area contributed by atoms with E-state index in [1.54, 1.807) is 26.2 Å². The molecule has 1 heterocycles. The zero-order valence-corrected chi connectivity index (χ0v) is 14.9. The average molecular weight is 429 g/mol. The van der Waals surface area contributed by atoms with Crippen molar-refractivity contribution in [1.82, 2.24) is 15.4 Å². The van der Waals surface area contributed by atoms with Gasteiger partial charge in [0, 0.05) is 5.56 Å². The van der Waals surface area contributed by atoms with Crippen LogP contribution >= 0.6 is 22.6 Å². The maximum atomic E-state index is 11.9. The van der Waals surface area contributed by atoms with Gasteiger partial charge in [-0.25, -0.2) is 4.79 Å². The molecule has 0 radical (unpaired) electrons. The van der Waals surface area contributed by atoms with Crippen molar-refractivity contribution >= 4 is 28.6 Å². The van der Waals surface area contributed by atoms with Gasteiger partial charge in [-0.05, 0) is 41.6 Å². The number of benzene rings is 1. The Morgan fingerprint density at radius 2 is 2.22 bits per heavy atom. The molecule has 2 rings (SSSR count). The molecule has 0 fully saturated rings. The first kappa shape index (κ1) is 17.3. The molecule has 1 aromatic carbocycles. The van der Waals surface area contributed by atoms with E-state index in [9.17, 15) is 4.79 Å². The predicted molar refractivity (Wildman–Crippen MR) is 92.7 cm³/mol. The SMILES string of the molecule is C=CCOc1c(I)cc(-c2n[nH]nc2C(=O)OCC)cc1OC. The maximum absolute atomic E-state index is 11.9. The number of aromatic amines is 1. The highest BCUT2D eigenvalue weighted by molar-refractivity contribution is 14.1. The summed E-state index contributed by atoms with van der Waals surface area (Å²) in [5, 5.41) is 10.4. The van der Waals surface area contributed by atoms with Gasteiger partial charge in [0.1, 0.15) is 12.3 Å². The van der Waals surface area contributed by atoms with E-state index in [0.29, 0.717) is 29.4 Å². The molecule has 23 heavy (non-hydrogen) atoms. The molecule has 0 bridgehead atoms. The minimum atomic E-state index is -0.530. The lowest BCUT2D eigenvalue weighted by molar-refractivity contribution is 0.0520. The number of esters is 1. The Kier molecular flexibility index (Phi) is 5.97. The number of halogens is 1. The molecule has 0 saturated heterocycles. The second kappa shape index (κ2) is 7.95. The second-order valence-corrected chi connectivity index (χ2v) is 5.49. The van der Waals surface area contributed by atoms with Crippen LogP contribution in [0.2, 0.25) is 0 Å². The molecule has 0 unspecified atom stereocenters. The van der Waals surface area contributed by atoms with E-state index in [2.05, 4.69) is 44.6 Å². The Balaban J connectivity index is 2.45. The highest BCUT2D eigenvalue weighted by atomic mass is 127. The third-order valence-corrected chi connectivity index (χ3v) is 3.67. The van der Waals surface area contributed by atoms with Crippen LogP contribution in [0.3, 0.4) is 0 Å². The third-order valence-electron chi connectivity index (χ3n) is 2.87. The lowest BCUT2D eigenvalue weighted by Gasteiger charge is -2.13. The van der Waals surface area contributed by atoms with Crippen molar-refractivity contribution in [2.24, 2.45) is 0 Å². The van der Waals surface area contributed by atoms with Crippen LogP contribution in [-0.4, -0.2) is 41.7 Å². The van der Waals surface area contributed by atoms with Crippen LogP contribution in [0.25, 0.3) is 11.3 Å². The fourth-order valence-corrected chi connectivity index (χ4v) is 2.67. The second-order valence-electron chi connectivity index (χ2n) is 4.33. The minimum absolute atomic E-state index is 0.129. The molecule has 2 aromatic rings. The first-order valence-corrected chi connectivity index (χ1v) is 7.89. The Bertz CT molecular complexity index is 715. The van der Waals surface area contributed by atoms with Gasteiger partial charge in [-0.2, -0.15) is 10.3 Å².